The van der Waals surface area contributed by atoms with Gasteiger partial charge in [0.15, 0.2) is 5.11 Å². The lowest BCUT2D eigenvalue weighted by Gasteiger charge is -2.29. The van der Waals surface area contributed by atoms with Crippen LogP contribution in [0.4, 0.5) is 5.69 Å². The first kappa shape index (κ1) is 24.9. The van der Waals surface area contributed by atoms with E-state index in [-0.39, 0.29) is 12.1 Å². The maximum Gasteiger partial charge on any atom is 0.174 e. The van der Waals surface area contributed by atoms with E-state index in [1.807, 2.05) is 60.8 Å². The van der Waals surface area contributed by atoms with Gasteiger partial charge in [0.1, 0.15) is 11.5 Å². The minimum absolute atomic E-state index is 0.0862. The summed E-state index contributed by atoms with van der Waals surface area (Å²) < 4.78 is 8.39. The normalized spacial score (nSPS) is 16.8. The minimum Gasteiger partial charge on any atom is -0.457 e. The van der Waals surface area contributed by atoms with Gasteiger partial charge in [0, 0.05) is 34.5 Å². The predicted octanol–water partition coefficient (Wildman–Crippen LogP) is 7.77. The Kier molecular flexibility index (Phi) is 6.63. The van der Waals surface area contributed by atoms with Crippen molar-refractivity contribution in [3.63, 3.8) is 0 Å². The zero-order chi connectivity index (χ0) is 26.9. The Bertz CT molecular complexity index is 1600. The first-order valence-electron chi connectivity index (χ1n) is 13.1. The van der Waals surface area contributed by atoms with Crippen molar-refractivity contribution >= 4 is 23.0 Å². The number of nitrogens with zero attached hydrogens (tertiary/aromatic N) is 3. The fourth-order valence-electron chi connectivity index (χ4n) is 5.63. The molecular formula is C33H30N4OS. The van der Waals surface area contributed by atoms with Crippen LogP contribution in [0.3, 0.4) is 0 Å². The third-order valence-corrected chi connectivity index (χ3v) is 7.82. The van der Waals surface area contributed by atoms with Crippen LogP contribution in [0, 0.1) is 20.8 Å². The van der Waals surface area contributed by atoms with Crippen LogP contribution in [-0.4, -0.2) is 14.7 Å². The van der Waals surface area contributed by atoms with E-state index in [1.54, 1.807) is 0 Å². The van der Waals surface area contributed by atoms with Crippen LogP contribution < -0.4 is 15.0 Å². The molecule has 1 aliphatic heterocycles. The van der Waals surface area contributed by atoms with Crippen LogP contribution in [0.15, 0.2) is 109 Å². The van der Waals surface area contributed by atoms with Crippen molar-refractivity contribution in [1.82, 2.24) is 14.9 Å². The van der Waals surface area contributed by atoms with Gasteiger partial charge in [-0.05, 0) is 99.2 Å². The second-order valence-electron chi connectivity index (χ2n) is 9.79. The molecule has 194 valence electrons. The summed E-state index contributed by atoms with van der Waals surface area (Å²) in [5, 5.41) is 4.28. The van der Waals surface area contributed by atoms with Crippen molar-refractivity contribution in [2.24, 2.45) is 0 Å². The Morgan fingerprint density at radius 1 is 0.718 bits per heavy atom. The number of pyridine rings is 1. The van der Waals surface area contributed by atoms with E-state index in [0.717, 1.165) is 28.6 Å². The second kappa shape index (κ2) is 10.4. The maximum absolute atomic E-state index is 6.05. The van der Waals surface area contributed by atoms with Crippen molar-refractivity contribution < 1.29 is 4.74 Å². The van der Waals surface area contributed by atoms with Crippen LogP contribution in [-0.2, 0) is 0 Å². The van der Waals surface area contributed by atoms with Gasteiger partial charge in [-0.25, -0.2) is 0 Å². The number of thiocarbonyl (C=S) groups is 1. The van der Waals surface area contributed by atoms with Gasteiger partial charge in [-0.15, -0.1) is 0 Å². The number of benzene rings is 3. The van der Waals surface area contributed by atoms with E-state index in [2.05, 4.69) is 84.1 Å². The number of para-hydroxylation sites is 2. The Labute approximate surface area is 234 Å². The molecule has 0 radical (unpaired) electrons. The Balaban J connectivity index is 1.45. The number of aromatic nitrogens is 2. The lowest BCUT2D eigenvalue weighted by atomic mass is 9.93. The molecule has 39 heavy (non-hydrogen) atoms. The van der Waals surface area contributed by atoms with Gasteiger partial charge in [0.2, 0.25) is 0 Å². The standard InChI is InChI=1S/C33H30N4OS/c1-22-23(2)36(25-12-6-4-7-13-25)24(3)30(22)32-31(29-16-10-11-21-34-29)35-33(39)37(32)26-17-19-28(20-18-26)38-27-14-8-5-9-15-27/h4-21,31-32H,1-3H3,(H,35,39)/t31-,32+/m0/s1. The molecule has 1 fully saturated rings. The molecule has 0 amide bonds. The lowest BCUT2D eigenvalue weighted by Crippen LogP contribution is -2.29. The fourth-order valence-corrected chi connectivity index (χ4v) is 5.98. The van der Waals surface area contributed by atoms with E-state index in [4.69, 9.17) is 21.9 Å². The van der Waals surface area contributed by atoms with E-state index in [9.17, 15) is 0 Å². The highest BCUT2D eigenvalue weighted by atomic mass is 32.1. The first-order chi connectivity index (χ1) is 19.0. The highest BCUT2D eigenvalue weighted by Crippen LogP contribution is 2.45. The summed E-state index contributed by atoms with van der Waals surface area (Å²) >= 11 is 5.98. The SMILES string of the molecule is Cc1c([C@@H]2[C@H](c3ccccn3)NC(=S)N2c2ccc(Oc3ccccc3)cc2)c(C)n(-c2ccccc2)c1C. The molecule has 3 heterocycles. The number of hydrogen-bond donors (Lipinski definition) is 1. The molecule has 1 N–H and O–H groups in total. The van der Waals surface area contributed by atoms with Gasteiger partial charge in [0.05, 0.1) is 17.8 Å². The molecule has 2 aromatic heterocycles. The largest absolute Gasteiger partial charge is 0.457 e. The van der Waals surface area contributed by atoms with Crippen LogP contribution in [0.5, 0.6) is 11.5 Å². The van der Waals surface area contributed by atoms with Gasteiger partial charge < -0.3 is 19.5 Å². The average molecular weight is 531 g/mol. The highest BCUT2D eigenvalue weighted by Gasteiger charge is 2.43. The van der Waals surface area contributed by atoms with Crippen LogP contribution in [0.2, 0.25) is 0 Å². The minimum atomic E-state index is -0.109. The average Bonchev–Trinajstić information content (AvgIpc) is 3.42. The quantitative estimate of drug-likeness (QED) is 0.227. The zero-order valence-corrected chi connectivity index (χ0v) is 23.0. The fraction of sp³-hybridized carbons (Fsp3) is 0.152. The molecule has 6 rings (SSSR count). The van der Waals surface area contributed by atoms with E-state index < -0.39 is 0 Å². The maximum atomic E-state index is 6.05. The third-order valence-electron chi connectivity index (χ3n) is 7.51. The summed E-state index contributed by atoms with van der Waals surface area (Å²) in [6.07, 6.45) is 1.84. The monoisotopic (exact) mass is 530 g/mol. The molecule has 5 nitrogen and oxygen atoms in total. The first-order valence-corrected chi connectivity index (χ1v) is 13.5. The number of ether oxygens (including phenoxy) is 1. The molecule has 1 aliphatic rings. The smallest absolute Gasteiger partial charge is 0.174 e. The molecule has 1 saturated heterocycles. The van der Waals surface area contributed by atoms with Crippen molar-refractivity contribution in [1.29, 1.82) is 0 Å². The molecule has 0 unspecified atom stereocenters. The van der Waals surface area contributed by atoms with Gasteiger partial charge in [-0.1, -0.05) is 42.5 Å². The Hall–Kier alpha value is -4.42. The Morgan fingerprint density at radius 2 is 1.36 bits per heavy atom. The second-order valence-corrected chi connectivity index (χ2v) is 10.2. The third kappa shape index (κ3) is 4.57. The zero-order valence-electron chi connectivity index (χ0n) is 22.2. The van der Waals surface area contributed by atoms with Gasteiger partial charge >= 0.3 is 0 Å². The highest BCUT2D eigenvalue weighted by molar-refractivity contribution is 7.80. The molecule has 3 aromatic carbocycles. The number of nitrogens with one attached hydrogen (secondary N) is 1. The molecule has 0 aliphatic carbocycles. The summed E-state index contributed by atoms with van der Waals surface area (Å²) in [4.78, 5) is 6.96. The Morgan fingerprint density at radius 3 is 2.03 bits per heavy atom. The van der Waals surface area contributed by atoms with Crippen LogP contribution >= 0.6 is 12.2 Å². The number of rotatable bonds is 6. The molecule has 0 bridgehead atoms. The van der Waals surface area contributed by atoms with E-state index in [0.29, 0.717) is 5.11 Å². The molecule has 5 aromatic rings. The van der Waals surface area contributed by atoms with Crippen molar-refractivity contribution in [2.75, 3.05) is 4.90 Å². The number of hydrogen-bond acceptors (Lipinski definition) is 3. The molecule has 0 saturated carbocycles. The van der Waals surface area contributed by atoms with E-state index >= 15 is 0 Å². The predicted molar refractivity (Wildman–Crippen MR) is 161 cm³/mol. The van der Waals surface area contributed by atoms with Gasteiger partial charge in [-0.2, -0.15) is 0 Å². The van der Waals surface area contributed by atoms with Crippen LogP contribution in [0.25, 0.3) is 5.69 Å². The summed E-state index contributed by atoms with van der Waals surface area (Å²) in [6, 6.07) is 34.3. The molecule has 2 atom stereocenters. The summed E-state index contributed by atoms with van der Waals surface area (Å²) in [5.41, 5.74) is 8.03. The topological polar surface area (TPSA) is 42.3 Å². The summed E-state index contributed by atoms with van der Waals surface area (Å²) in [7, 11) is 0. The van der Waals surface area contributed by atoms with Crippen molar-refractivity contribution in [3.05, 3.63) is 138 Å². The summed E-state index contributed by atoms with van der Waals surface area (Å²) in [6.45, 7) is 6.60. The van der Waals surface area contributed by atoms with Crippen LogP contribution in [0.1, 0.15) is 40.3 Å². The molecular weight excluding hydrogens is 500 g/mol. The van der Waals surface area contributed by atoms with E-state index in [1.165, 1.54) is 22.5 Å². The van der Waals surface area contributed by atoms with Crippen molar-refractivity contribution in [2.45, 2.75) is 32.9 Å². The summed E-state index contributed by atoms with van der Waals surface area (Å²) in [5.74, 6) is 1.58. The van der Waals surface area contributed by atoms with Gasteiger partial charge in [0.25, 0.3) is 0 Å². The lowest BCUT2D eigenvalue weighted by molar-refractivity contribution is 0.482. The van der Waals surface area contributed by atoms with Gasteiger partial charge in [-0.3, -0.25) is 4.98 Å². The molecule has 6 heteroatoms. The number of anilines is 1. The molecule has 0 spiro atoms. The van der Waals surface area contributed by atoms with Crippen molar-refractivity contribution in [3.8, 4) is 17.2 Å².